The summed E-state index contributed by atoms with van der Waals surface area (Å²) in [5.74, 6) is -0.276. The molecule has 1 amide bonds. The average molecular weight is 238 g/mol. The predicted octanol–water partition coefficient (Wildman–Crippen LogP) is 0.228. The van der Waals surface area contributed by atoms with E-state index in [9.17, 15) is 14.7 Å². The van der Waals surface area contributed by atoms with Crippen molar-refractivity contribution in [3.05, 3.63) is 34.2 Å². The van der Waals surface area contributed by atoms with Crippen LogP contribution in [0.15, 0.2) is 23.1 Å². The number of carbonyl (C=O) groups is 1. The van der Waals surface area contributed by atoms with Gasteiger partial charge in [-0.1, -0.05) is 0 Å². The van der Waals surface area contributed by atoms with Crippen molar-refractivity contribution in [1.82, 2.24) is 9.47 Å². The number of carbonyl (C=O) groups excluding carboxylic acids is 1. The summed E-state index contributed by atoms with van der Waals surface area (Å²) in [5, 5.41) is 9.20. The number of aliphatic hydroxyl groups is 1. The third-order valence-corrected chi connectivity index (χ3v) is 2.95. The molecule has 5 heteroatoms. The second-order valence-electron chi connectivity index (χ2n) is 4.70. The van der Waals surface area contributed by atoms with Gasteiger partial charge in [-0.25, -0.2) is 0 Å². The molecule has 0 aliphatic carbocycles. The highest BCUT2D eigenvalue weighted by atomic mass is 16.3. The van der Waals surface area contributed by atoms with Crippen molar-refractivity contribution in [1.29, 1.82) is 0 Å². The van der Waals surface area contributed by atoms with Gasteiger partial charge < -0.3 is 14.6 Å². The third-order valence-electron chi connectivity index (χ3n) is 2.95. The topological polar surface area (TPSA) is 62.5 Å². The van der Waals surface area contributed by atoms with Crippen molar-refractivity contribution in [2.24, 2.45) is 7.05 Å². The predicted molar refractivity (Wildman–Crippen MR) is 64.9 cm³/mol. The first kappa shape index (κ1) is 13.4. The molecule has 0 aliphatic rings. The highest BCUT2D eigenvalue weighted by Crippen LogP contribution is 2.14. The van der Waals surface area contributed by atoms with Crippen molar-refractivity contribution >= 4 is 5.91 Å². The number of rotatable bonds is 3. The zero-order valence-corrected chi connectivity index (χ0v) is 10.6. The van der Waals surface area contributed by atoms with Crippen LogP contribution in [0.4, 0.5) is 0 Å². The fraction of sp³-hybridized carbons (Fsp3) is 0.500. The molecule has 0 saturated carbocycles. The molecular formula is C12H18N2O3. The molecule has 1 N–H and O–H groups in total. The maximum atomic E-state index is 12.1. The van der Waals surface area contributed by atoms with Crippen molar-refractivity contribution in [2.45, 2.75) is 19.4 Å². The number of hydrogen-bond acceptors (Lipinski definition) is 3. The van der Waals surface area contributed by atoms with Crippen LogP contribution in [0, 0.1) is 0 Å². The molecule has 1 aromatic rings. The summed E-state index contributed by atoms with van der Waals surface area (Å²) in [6, 6.07) is 2.89. The van der Waals surface area contributed by atoms with Gasteiger partial charge in [-0.15, -0.1) is 0 Å². The van der Waals surface area contributed by atoms with E-state index < -0.39 is 5.54 Å². The van der Waals surface area contributed by atoms with Crippen molar-refractivity contribution in [3.8, 4) is 0 Å². The summed E-state index contributed by atoms with van der Waals surface area (Å²) in [6.07, 6.45) is 1.55. The first-order valence-electron chi connectivity index (χ1n) is 5.35. The van der Waals surface area contributed by atoms with Crippen LogP contribution >= 0.6 is 0 Å². The molecule has 0 aliphatic heterocycles. The van der Waals surface area contributed by atoms with Gasteiger partial charge in [-0.2, -0.15) is 0 Å². The summed E-state index contributed by atoms with van der Waals surface area (Å²) >= 11 is 0. The number of hydrogen-bond donors (Lipinski definition) is 1. The minimum atomic E-state index is -0.655. The van der Waals surface area contributed by atoms with Crippen LogP contribution in [0.1, 0.15) is 24.2 Å². The molecule has 94 valence electrons. The summed E-state index contributed by atoms with van der Waals surface area (Å²) < 4.78 is 1.40. The quantitative estimate of drug-likeness (QED) is 0.820. The van der Waals surface area contributed by atoms with Crippen LogP contribution in [0.2, 0.25) is 0 Å². The van der Waals surface area contributed by atoms with Gasteiger partial charge in [0.2, 0.25) is 0 Å². The minimum absolute atomic E-state index is 0.139. The van der Waals surface area contributed by atoms with E-state index in [-0.39, 0.29) is 18.1 Å². The van der Waals surface area contributed by atoms with Crippen LogP contribution in [-0.4, -0.2) is 39.7 Å². The van der Waals surface area contributed by atoms with E-state index in [0.717, 1.165) is 0 Å². The average Bonchev–Trinajstić information content (AvgIpc) is 2.30. The Morgan fingerprint density at radius 2 is 2.12 bits per heavy atom. The Morgan fingerprint density at radius 1 is 1.53 bits per heavy atom. The Labute approximate surface area is 100 Å². The number of pyridine rings is 1. The lowest BCUT2D eigenvalue weighted by Crippen LogP contribution is -2.47. The fourth-order valence-corrected chi connectivity index (χ4v) is 1.26. The zero-order chi connectivity index (χ0) is 13.2. The van der Waals surface area contributed by atoms with Gasteiger partial charge in [0, 0.05) is 31.9 Å². The molecule has 5 nitrogen and oxygen atoms in total. The molecular weight excluding hydrogens is 220 g/mol. The van der Waals surface area contributed by atoms with E-state index in [4.69, 9.17) is 0 Å². The molecule has 0 bridgehead atoms. The molecule has 1 rings (SSSR count). The van der Waals surface area contributed by atoms with Crippen LogP contribution in [0.25, 0.3) is 0 Å². The number of aryl methyl sites for hydroxylation is 1. The molecule has 0 spiro atoms. The highest BCUT2D eigenvalue weighted by molar-refractivity contribution is 5.94. The summed E-state index contributed by atoms with van der Waals surface area (Å²) in [6.45, 7) is 3.37. The molecule has 0 saturated heterocycles. The minimum Gasteiger partial charge on any atom is -0.394 e. The Kier molecular flexibility index (Phi) is 3.72. The molecule has 0 fully saturated rings. The number of likely N-dealkylation sites (N-methyl/N-ethyl adjacent to an activating group) is 1. The number of amides is 1. The second-order valence-corrected chi connectivity index (χ2v) is 4.70. The molecule has 1 heterocycles. The maximum absolute atomic E-state index is 12.1. The van der Waals surface area contributed by atoms with Crippen LogP contribution < -0.4 is 5.56 Å². The van der Waals surface area contributed by atoms with Crippen LogP contribution in [0.5, 0.6) is 0 Å². The SMILES string of the molecule is CN(C(=O)c1ccn(C)c(=O)c1)C(C)(C)CO. The fourth-order valence-electron chi connectivity index (χ4n) is 1.26. The third kappa shape index (κ3) is 2.74. The van der Waals surface area contributed by atoms with E-state index in [0.29, 0.717) is 5.56 Å². The number of aromatic nitrogens is 1. The van der Waals surface area contributed by atoms with Gasteiger partial charge in [0.05, 0.1) is 12.1 Å². The van der Waals surface area contributed by atoms with E-state index in [2.05, 4.69) is 0 Å². The van der Waals surface area contributed by atoms with Crippen molar-refractivity contribution < 1.29 is 9.90 Å². The van der Waals surface area contributed by atoms with Crippen LogP contribution in [0.3, 0.4) is 0 Å². The Hall–Kier alpha value is -1.62. The molecule has 0 aromatic carbocycles. The van der Waals surface area contributed by atoms with E-state index in [1.165, 1.54) is 15.5 Å². The number of nitrogens with zero attached hydrogens (tertiary/aromatic N) is 2. The van der Waals surface area contributed by atoms with Crippen LogP contribution in [-0.2, 0) is 7.05 Å². The van der Waals surface area contributed by atoms with E-state index in [1.807, 2.05) is 0 Å². The van der Waals surface area contributed by atoms with Gasteiger partial charge in [-0.05, 0) is 19.9 Å². The Bertz CT molecular complexity index is 477. The first-order chi connectivity index (χ1) is 7.79. The highest BCUT2D eigenvalue weighted by Gasteiger charge is 2.27. The largest absolute Gasteiger partial charge is 0.394 e. The van der Waals surface area contributed by atoms with Gasteiger partial charge in [0.1, 0.15) is 0 Å². The van der Waals surface area contributed by atoms with Crippen molar-refractivity contribution in [3.63, 3.8) is 0 Å². The molecule has 0 radical (unpaired) electrons. The second kappa shape index (κ2) is 4.71. The summed E-state index contributed by atoms with van der Waals surface area (Å²) in [7, 11) is 3.23. The monoisotopic (exact) mass is 238 g/mol. The van der Waals surface area contributed by atoms with Gasteiger partial charge in [-0.3, -0.25) is 9.59 Å². The van der Waals surface area contributed by atoms with Gasteiger partial charge >= 0.3 is 0 Å². The molecule has 0 unspecified atom stereocenters. The number of aliphatic hydroxyl groups excluding tert-OH is 1. The van der Waals surface area contributed by atoms with E-state index >= 15 is 0 Å². The standard InChI is InChI=1S/C12H18N2O3/c1-12(2,8-15)14(4)11(17)9-5-6-13(3)10(16)7-9/h5-7,15H,8H2,1-4H3. The molecule has 0 atom stereocenters. The van der Waals surface area contributed by atoms with Gasteiger partial charge in [0.15, 0.2) is 0 Å². The zero-order valence-electron chi connectivity index (χ0n) is 10.6. The summed E-state index contributed by atoms with van der Waals surface area (Å²) in [4.78, 5) is 24.9. The lowest BCUT2D eigenvalue weighted by Gasteiger charge is -2.33. The maximum Gasteiger partial charge on any atom is 0.254 e. The first-order valence-corrected chi connectivity index (χ1v) is 5.35. The molecule has 17 heavy (non-hydrogen) atoms. The molecule has 1 aromatic heterocycles. The van der Waals surface area contributed by atoms with E-state index in [1.54, 1.807) is 40.2 Å². The Balaban J connectivity index is 3.05. The Morgan fingerprint density at radius 3 is 2.59 bits per heavy atom. The lowest BCUT2D eigenvalue weighted by molar-refractivity contribution is 0.0473. The van der Waals surface area contributed by atoms with Crippen molar-refractivity contribution in [2.75, 3.05) is 13.7 Å². The smallest absolute Gasteiger partial charge is 0.254 e. The summed E-state index contributed by atoms with van der Waals surface area (Å²) in [5.41, 5.74) is -0.554. The normalized spacial score (nSPS) is 11.4. The lowest BCUT2D eigenvalue weighted by atomic mass is 10.0. The van der Waals surface area contributed by atoms with Gasteiger partial charge in [0.25, 0.3) is 11.5 Å².